The number of halogens is 1. The van der Waals surface area contributed by atoms with Gasteiger partial charge in [0.05, 0.1) is 6.61 Å². The molecule has 0 amide bonds. The van der Waals surface area contributed by atoms with E-state index in [1.807, 2.05) is 31.2 Å². The van der Waals surface area contributed by atoms with Crippen LogP contribution in [0.2, 0.25) is 5.02 Å². The predicted molar refractivity (Wildman–Crippen MR) is 144 cm³/mol. The fourth-order valence-corrected chi connectivity index (χ4v) is 4.72. The number of hydrogen-bond donors (Lipinski definition) is 1. The molecule has 12 heteroatoms. The normalized spacial score (nSPS) is 23.7. The van der Waals surface area contributed by atoms with Gasteiger partial charge < -0.3 is 33.5 Å². The van der Waals surface area contributed by atoms with E-state index in [0.717, 1.165) is 33.3 Å². The second-order valence-electron chi connectivity index (χ2n) is 9.39. The first-order valence-corrected chi connectivity index (χ1v) is 13.3. The summed E-state index contributed by atoms with van der Waals surface area (Å²) in [7, 11) is 0. The van der Waals surface area contributed by atoms with Crippen molar-refractivity contribution in [2.45, 2.75) is 71.2 Å². The van der Waals surface area contributed by atoms with E-state index in [1.165, 1.54) is 12.1 Å². The van der Waals surface area contributed by atoms with E-state index in [9.17, 15) is 24.3 Å². The van der Waals surface area contributed by atoms with Gasteiger partial charge in [-0.1, -0.05) is 29.8 Å². The number of rotatable bonds is 10. The van der Waals surface area contributed by atoms with E-state index in [0.29, 0.717) is 29.4 Å². The molecule has 41 heavy (non-hydrogen) atoms. The zero-order chi connectivity index (χ0) is 30.3. The number of aliphatic hydroxyl groups is 1. The summed E-state index contributed by atoms with van der Waals surface area (Å²) < 4.78 is 32.9. The van der Waals surface area contributed by atoms with Crippen molar-refractivity contribution < 1.29 is 52.7 Å². The topological polar surface area (TPSA) is 144 Å². The number of ether oxygens (including phenoxy) is 6. The highest BCUT2D eigenvalue weighted by Crippen LogP contribution is 2.42. The lowest BCUT2D eigenvalue weighted by molar-refractivity contribution is -0.360. The third-order valence-electron chi connectivity index (χ3n) is 6.14. The molecule has 5 atom stereocenters. The van der Waals surface area contributed by atoms with Crippen molar-refractivity contribution in [3.05, 3.63) is 64.2 Å². The average Bonchev–Trinajstić information content (AvgIpc) is 2.88. The molecule has 0 aromatic heterocycles. The van der Waals surface area contributed by atoms with Crippen LogP contribution in [0.4, 0.5) is 0 Å². The molecule has 1 saturated heterocycles. The molecule has 3 rings (SSSR count). The van der Waals surface area contributed by atoms with E-state index < -0.39 is 60.7 Å². The van der Waals surface area contributed by atoms with Crippen LogP contribution in [0.3, 0.4) is 0 Å². The Labute approximate surface area is 242 Å². The molecule has 11 nitrogen and oxygen atoms in total. The molecule has 0 aliphatic carbocycles. The first-order valence-electron chi connectivity index (χ1n) is 12.9. The quantitative estimate of drug-likeness (QED) is 0.321. The second kappa shape index (κ2) is 13.8. The first kappa shape index (κ1) is 31.9. The van der Waals surface area contributed by atoms with Crippen molar-refractivity contribution in [2.24, 2.45) is 0 Å². The van der Waals surface area contributed by atoms with Gasteiger partial charge in [0.1, 0.15) is 18.5 Å². The minimum atomic E-state index is -2.45. The third kappa shape index (κ3) is 8.18. The van der Waals surface area contributed by atoms with Crippen LogP contribution < -0.4 is 4.74 Å². The average molecular weight is 593 g/mol. The first-order chi connectivity index (χ1) is 19.3. The van der Waals surface area contributed by atoms with Crippen molar-refractivity contribution in [3.63, 3.8) is 0 Å². The van der Waals surface area contributed by atoms with Crippen molar-refractivity contribution in [1.29, 1.82) is 0 Å². The molecular weight excluding hydrogens is 560 g/mol. The number of esters is 4. The van der Waals surface area contributed by atoms with Gasteiger partial charge in [-0.3, -0.25) is 19.2 Å². The van der Waals surface area contributed by atoms with Gasteiger partial charge in [0.2, 0.25) is 11.9 Å². The lowest BCUT2D eigenvalue weighted by Gasteiger charge is -2.48. The van der Waals surface area contributed by atoms with Crippen LogP contribution >= 0.6 is 11.6 Å². The molecule has 1 aliphatic rings. The number of carbonyl (C=O) groups is 4. The Morgan fingerprint density at radius 1 is 0.878 bits per heavy atom. The van der Waals surface area contributed by atoms with Gasteiger partial charge >= 0.3 is 23.9 Å². The maximum atomic E-state index is 12.2. The van der Waals surface area contributed by atoms with E-state index in [-0.39, 0.29) is 5.56 Å². The van der Waals surface area contributed by atoms with Gasteiger partial charge in [-0.05, 0) is 48.7 Å². The van der Waals surface area contributed by atoms with E-state index >= 15 is 0 Å². The van der Waals surface area contributed by atoms with Gasteiger partial charge in [-0.15, -0.1) is 0 Å². The van der Waals surface area contributed by atoms with Crippen LogP contribution in [0.15, 0.2) is 42.5 Å². The van der Waals surface area contributed by atoms with Crippen molar-refractivity contribution in [2.75, 3.05) is 13.2 Å². The number of carbonyl (C=O) groups excluding carboxylic acids is 4. The minimum absolute atomic E-state index is 0.0975. The van der Waals surface area contributed by atoms with E-state index in [2.05, 4.69) is 0 Å². The summed E-state index contributed by atoms with van der Waals surface area (Å²) in [6.07, 6.45) is -5.61. The van der Waals surface area contributed by atoms with E-state index in [1.54, 1.807) is 6.07 Å². The smallest absolute Gasteiger partial charge is 0.303 e. The van der Waals surface area contributed by atoms with Crippen LogP contribution in [0, 0.1) is 0 Å². The maximum Gasteiger partial charge on any atom is 0.303 e. The van der Waals surface area contributed by atoms with Crippen LogP contribution in [0.5, 0.6) is 5.75 Å². The molecule has 0 saturated carbocycles. The summed E-state index contributed by atoms with van der Waals surface area (Å²) in [4.78, 5) is 47.9. The molecule has 2 aromatic rings. The fraction of sp³-hybridized carbons (Fsp3) is 0.448. The Morgan fingerprint density at radius 2 is 1.49 bits per heavy atom. The van der Waals surface area contributed by atoms with Crippen LogP contribution in [-0.4, -0.2) is 66.6 Å². The zero-order valence-corrected chi connectivity index (χ0v) is 24.1. The molecule has 1 heterocycles. The van der Waals surface area contributed by atoms with Gasteiger partial charge in [0.15, 0.2) is 12.2 Å². The zero-order valence-electron chi connectivity index (χ0n) is 23.4. The molecule has 222 valence electrons. The minimum Gasteiger partial charge on any atom is -0.494 e. The summed E-state index contributed by atoms with van der Waals surface area (Å²) in [5, 5.41) is 12.5. The predicted octanol–water partition coefficient (Wildman–Crippen LogP) is 3.23. The van der Waals surface area contributed by atoms with Gasteiger partial charge in [0.25, 0.3) is 0 Å². The summed E-state index contributed by atoms with van der Waals surface area (Å²) in [6.45, 7) is 6.40. The molecule has 1 N–H and O–H groups in total. The van der Waals surface area contributed by atoms with Crippen LogP contribution in [0.1, 0.15) is 51.3 Å². The van der Waals surface area contributed by atoms with E-state index in [4.69, 9.17) is 40.0 Å². The van der Waals surface area contributed by atoms with Gasteiger partial charge in [0, 0.05) is 38.3 Å². The van der Waals surface area contributed by atoms with Crippen molar-refractivity contribution in [1.82, 2.24) is 0 Å². The SMILES string of the molecule is CCOc1ccc(Cc2cc([C@]3(O)O[C@H](COC(C)=O)[C@@H](OC(C)=O)[C@H](OC(C)=O)[C@H]3OC(C)=O)ccc2Cl)cc1. The molecule has 0 unspecified atom stereocenters. The van der Waals surface area contributed by atoms with Gasteiger partial charge in [-0.25, -0.2) is 0 Å². The standard InChI is InChI=1S/C29H33ClO11/c1-6-36-23-10-7-20(8-11-23)13-21-14-22(9-12-24(21)30)29(35)28(40-19(5)34)27(39-18(4)33)26(38-17(3)32)25(41-29)15-37-16(2)31/h7-12,14,25-28,35H,6,13,15H2,1-5H3/t25-,26-,27+,28-,29+/m1/s1. The van der Waals surface area contributed by atoms with Crippen LogP contribution in [0.25, 0.3) is 0 Å². The lowest BCUT2D eigenvalue weighted by Crippen LogP contribution is -2.66. The van der Waals surface area contributed by atoms with Gasteiger partial charge in [-0.2, -0.15) is 0 Å². The fourth-order valence-electron chi connectivity index (χ4n) is 4.54. The lowest BCUT2D eigenvalue weighted by atomic mass is 9.86. The Hall–Kier alpha value is -3.67. The van der Waals surface area contributed by atoms with Crippen molar-refractivity contribution in [3.8, 4) is 5.75 Å². The highest BCUT2D eigenvalue weighted by molar-refractivity contribution is 6.31. The molecule has 1 aliphatic heterocycles. The molecule has 0 radical (unpaired) electrons. The molecule has 0 bridgehead atoms. The largest absolute Gasteiger partial charge is 0.494 e. The number of hydrogen-bond acceptors (Lipinski definition) is 11. The third-order valence-corrected chi connectivity index (χ3v) is 6.51. The van der Waals surface area contributed by atoms with Crippen molar-refractivity contribution >= 4 is 35.5 Å². The summed E-state index contributed by atoms with van der Waals surface area (Å²) in [6, 6.07) is 11.9. The molecule has 1 fully saturated rings. The summed E-state index contributed by atoms with van der Waals surface area (Å²) >= 11 is 6.51. The highest BCUT2D eigenvalue weighted by Gasteiger charge is 2.60. The molecule has 2 aromatic carbocycles. The molecule has 0 spiro atoms. The Balaban J connectivity index is 2.10. The Kier molecular flexibility index (Phi) is 10.7. The number of benzene rings is 2. The highest BCUT2D eigenvalue weighted by atomic mass is 35.5. The monoisotopic (exact) mass is 592 g/mol. The second-order valence-corrected chi connectivity index (χ2v) is 9.80. The Bertz CT molecular complexity index is 1260. The van der Waals surface area contributed by atoms with Crippen LogP contribution in [-0.2, 0) is 55.1 Å². The summed E-state index contributed by atoms with van der Waals surface area (Å²) in [5.41, 5.74) is 1.58. The maximum absolute atomic E-state index is 12.2. The molecular formula is C29H33ClO11. The summed E-state index contributed by atoms with van der Waals surface area (Å²) in [5.74, 6) is -4.84. The Morgan fingerprint density at radius 3 is 2.05 bits per heavy atom.